The molecule has 1 aromatic carbocycles. The molecule has 1 heterocycles. The van der Waals surface area contributed by atoms with Gasteiger partial charge >= 0.3 is 0 Å². The Kier molecular flexibility index (Phi) is 2.99. The topological polar surface area (TPSA) is 38.5 Å². The Hall–Kier alpha value is -1.38. The molecule has 0 aromatic heterocycles. The molecule has 0 spiro atoms. The summed E-state index contributed by atoms with van der Waals surface area (Å²) in [5.74, 6) is 0.879. The van der Waals surface area contributed by atoms with Crippen LogP contribution in [0.25, 0.3) is 0 Å². The summed E-state index contributed by atoms with van der Waals surface area (Å²) in [5, 5.41) is 0. The Morgan fingerprint density at radius 2 is 1.93 bits per heavy atom. The van der Waals surface area contributed by atoms with Crippen LogP contribution >= 0.6 is 0 Å². The average Bonchev–Trinajstić information content (AvgIpc) is 2.31. The molecule has 0 bridgehead atoms. The van der Waals surface area contributed by atoms with Crippen molar-refractivity contribution in [2.75, 3.05) is 30.8 Å². The number of benzene rings is 1. The third-order valence-corrected chi connectivity index (χ3v) is 2.93. The molecule has 15 heavy (non-hydrogen) atoms. The predicted molar refractivity (Wildman–Crippen MR) is 63.5 cm³/mol. The first kappa shape index (κ1) is 10.1. The van der Waals surface area contributed by atoms with Gasteiger partial charge in [-0.15, -0.1) is 0 Å². The zero-order valence-corrected chi connectivity index (χ0v) is 9.20. The van der Waals surface area contributed by atoms with Crippen LogP contribution in [0.2, 0.25) is 0 Å². The van der Waals surface area contributed by atoms with Crippen LogP contribution in [0.15, 0.2) is 18.2 Å². The summed E-state index contributed by atoms with van der Waals surface area (Å²) in [6.45, 7) is 2.22. The summed E-state index contributed by atoms with van der Waals surface area (Å²) in [7, 11) is 1.69. The summed E-state index contributed by atoms with van der Waals surface area (Å²) in [5.41, 5.74) is 7.94. The maximum Gasteiger partial charge on any atom is 0.121 e. The highest BCUT2D eigenvalue weighted by molar-refractivity contribution is 5.69. The number of hydrogen-bond donors (Lipinski definition) is 1. The second-order valence-corrected chi connectivity index (χ2v) is 3.97. The van der Waals surface area contributed by atoms with E-state index in [1.54, 1.807) is 7.11 Å². The van der Waals surface area contributed by atoms with Crippen molar-refractivity contribution in [2.24, 2.45) is 0 Å². The molecular formula is C12H18N2O. The third-order valence-electron chi connectivity index (χ3n) is 2.93. The molecule has 2 N–H and O–H groups in total. The smallest absolute Gasteiger partial charge is 0.121 e. The Bertz CT molecular complexity index is 332. The molecule has 3 heteroatoms. The molecule has 0 aliphatic carbocycles. The lowest BCUT2D eigenvalue weighted by Crippen LogP contribution is -2.30. The molecule has 1 aromatic rings. The average molecular weight is 206 g/mol. The van der Waals surface area contributed by atoms with E-state index in [0.717, 1.165) is 30.2 Å². The number of nitrogens with zero attached hydrogens (tertiary/aromatic N) is 1. The molecule has 0 unspecified atom stereocenters. The van der Waals surface area contributed by atoms with Crippen LogP contribution < -0.4 is 15.4 Å². The van der Waals surface area contributed by atoms with E-state index < -0.39 is 0 Å². The second-order valence-electron chi connectivity index (χ2n) is 3.97. The van der Waals surface area contributed by atoms with Crippen molar-refractivity contribution in [1.82, 2.24) is 0 Å². The minimum Gasteiger partial charge on any atom is -0.497 e. The molecule has 1 aliphatic rings. The van der Waals surface area contributed by atoms with E-state index in [9.17, 15) is 0 Å². The van der Waals surface area contributed by atoms with E-state index in [0.29, 0.717) is 0 Å². The Morgan fingerprint density at radius 1 is 1.20 bits per heavy atom. The first-order valence-electron chi connectivity index (χ1n) is 5.50. The quantitative estimate of drug-likeness (QED) is 0.754. The minimum atomic E-state index is 0.845. The molecule has 0 atom stereocenters. The fraction of sp³-hybridized carbons (Fsp3) is 0.500. The lowest BCUT2D eigenvalue weighted by atomic mass is 10.1. The molecule has 1 saturated heterocycles. The van der Waals surface area contributed by atoms with Crippen LogP contribution in [0, 0.1) is 0 Å². The number of rotatable bonds is 2. The molecule has 0 saturated carbocycles. The Morgan fingerprint density at radius 3 is 2.60 bits per heavy atom. The molecule has 1 aliphatic heterocycles. The van der Waals surface area contributed by atoms with Gasteiger partial charge in [-0.2, -0.15) is 0 Å². The largest absolute Gasteiger partial charge is 0.497 e. The Labute approximate surface area is 90.8 Å². The SMILES string of the molecule is COc1ccc(N)c(N2CCCCC2)c1. The van der Waals surface area contributed by atoms with Crippen molar-refractivity contribution in [3.8, 4) is 5.75 Å². The van der Waals surface area contributed by atoms with Crippen LogP contribution in [-0.2, 0) is 0 Å². The van der Waals surface area contributed by atoms with Crippen LogP contribution in [-0.4, -0.2) is 20.2 Å². The van der Waals surface area contributed by atoms with Gasteiger partial charge in [0.2, 0.25) is 0 Å². The summed E-state index contributed by atoms with van der Waals surface area (Å²) < 4.78 is 5.22. The molecular weight excluding hydrogens is 188 g/mol. The summed E-state index contributed by atoms with van der Waals surface area (Å²) in [4.78, 5) is 2.35. The number of nitrogen functional groups attached to an aromatic ring is 1. The van der Waals surface area contributed by atoms with Crippen molar-refractivity contribution in [3.63, 3.8) is 0 Å². The molecule has 82 valence electrons. The van der Waals surface area contributed by atoms with E-state index in [4.69, 9.17) is 10.5 Å². The summed E-state index contributed by atoms with van der Waals surface area (Å²) >= 11 is 0. The maximum atomic E-state index is 5.98. The lowest BCUT2D eigenvalue weighted by molar-refractivity contribution is 0.414. The Balaban J connectivity index is 2.24. The summed E-state index contributed by atoms with van der Waals surface area (Å²) in [6.07, 6.45) is 3.85. The minimum absolute atomic E-state index is 0.845. The van der Waals surface area contributed by atoms with Crippen LogP contribution in [0.5, 0.6) is 5.75 Å². The van der Waals surface area contributed by atoms with Gasteiger partial charge in [0, 0.05) is 19.2 Å². The first-order valence-corrected chi connectivity index (χ1v) is 5.50. The normalized spacial score (nSPS) is 16.5. The van der Waals surface area contributed by atoms with E-state index in [2.05, 4.69) is 4.90 Å². The van der Waals surface area contributed by atoms with E-state index in [1.807, 2.05) is 18.2 Å². The number of piperidine rings is 1. The maximum absolute atomic E-state index is 5.98. The number of anilines is 2. The number of nitrogens with two attached hydrogens (primary N) is 1. The molecule has 1 fully saturated rings. The van der Waals surface area contributed by atoms with Gasteiger partial charge in [-0.3, -0.25) is 0 Å². The lowest BCUT2D eigenvalue weighted by Gasteiger charge is -2.30. The van der Waals surface area contributed by atoms with Crippen LogP contribution in [0.1, 0.15) is 19.3 Å². The van der Waals surface area contributed by atoms with Gasteiger partial charge in [0.05, 0.1) is 18.5 Å². The van der Waals surface area contributed by atoms with Gasteiger partial charge in [-0.25, -0.2) is 0 Å². The number of ether oxygens (including phenoxy) is 1. The molecule has 2 rings (SSSR count). The monoisotopic (exact) mass is 206 g/mol. The summed E-state index contributed by atoms with van der Waals surface area (Å²) in [6, 6.07) is 5.85. The van der Waals surface area contributed by atoms with Crippen molar-refractivity contribution < 1.29 is 4.74 Å². The van der Waals surface area contributed by atoms with Crippen molar-refractivity contribution in [2.45, 2.75) is 19.3 Å². The van der Waals surface area contributed by atoms with Gasteiger partial charge in [0.1, 0.15) is 5.75 Å². The highest BCUT2D eigenvalue weighted by Crippen LogP contribution is 2.29. The fourth-order valence-corrected chi connectivity index (χ4v) is 2.06. The highest BCUT2D eigenvalue weighted by Gasteiger charge is 2.13. The molecule has 0 radical (unpaired) electrons. The van der Waals surface area contributed by atoms with Crippen molar-refractivity contribution in [3.05, 3.63) is 18.2 Å². The zero-order valence-electron chi connectivity index (χ0n) is 9.20. The van der Waals surface area contributed by atoms with Gasteiger partial charge in [-0.05, 0) is 31.4 Å². The van der Waals surface area contributed by atoms with Crippen molar-refractivity contribution in [1.29, 1.82) is 0 Å². The van der Waals surface area contributed by atoms with Crippen molar-refractivity contribution >= 4 is 11.4 Å². The van der Waals surface area contributed by atoms with Crippen LogP contribution in [0.4, 0.5) is 11.4 Å². The predicted octanol–water partition coefficient (Wildman–Crippen LogP) is 2.27. The first-order chi connectivity index (χ1) is 7.31. The number of hydrogen-bond acceptors (Lipinski definition) is 3. The van der Waals surface area contributed by atoms with Gasteiger partial charge in [-0.1, -0.05) is 0 Å². The van der Waals surface area contributed by atoms with E-state index in [-0.39, 0.29) is 0 Å². The van der Waals surface area contributed by atoms with E-state index >= 15 is 0 Å². The second kappa shape index (κ2) is 4.43. The van der Waals surface area contributed by atoms with Gasteiger partial charge < -0.3 is 15.4 Å². The molecule has 0 amide bonds. The number of methoxy groups -OCH3 is 1. The van der Waals surface area contributed by atoms with Gasteiger partial charge in [0.25, 0.3) is 0 Å². The molecule has 3 nitrogen and oxygen atoms in total. The standard InChI is InChI=1S/C12H18N2O/c1-15-10-5-6-11(13)12(9-10)14-7-3-2-4-8-14/h5-6,9H,2-4,7-8,13H2,1H3. The van der Waals surface area contributed by atoms with E-state index in [1.165, 1.54) is 19.3 Å². The zero-order chi connectivity index (χ0) is 10.7. The van der Waals surface area contributed by atoms with Gasteiger partial charge in [0.15, 0.2) is 0 Å². The third kappa shape index (κ3) is 2.17. The highest BCUT2D eigenvalue weighted by atomic mass is 16.5. The van der Waals surface area contributed by atoms with Crippen LogP contribution in [0.3, 0.4) is 0 Å². The fourth-order valence-electron chi connectivity index (χ4n) is 2.06.